The largest absolute Gasteiger partial charge is 0.491 e. The zero-order chi connectivity index (χ0) is 13.7. The second-order valence-electron chi connectivity index (χ2n) is 4.80. The Balaban J connectivity index is 1.70. The molecule has 0 unspecified atom stereocenters. The first kappa shape index (κ1) is 14.2. The van der Waals surface area contributed by atoms with E-state index in [0.717, 1.165) is 38.2 Å². The maximum Gasteiger partial charge on any atom is 0.220 e. The monoisotopic (exact) mass is 282 g/mol. The number of carbonyl (C=O) groups excluding carboxylic acids is 1. The summed E-state index contributed by atoms with van der Waals surface area (Å²) in [4.78, 5) is 13.3. The van der Waals surface area contributed by atoms with Crippen LogP contribution in [0.25, 0.3) is 0 Å². The van der Waals surface area contributed by atoms with Crippen LogP contribution in [0, 0.1) is 5.92 Å². The Labute approximate surface area is 118 Å². The molecule has 1 aromatic rings. The normalized spacial score (nSPS) is 17.3. The van der Waals surface area contributed by atoms with Crippen molar-refractivity contribution >= 4 is 17.5 Å². The summed E-state index contributed by atoms with van der Waals surface area (Å²) < 4.78 is 5.65. The molecule has 0 aliphatic carbocycles. The highest BCUT2D eigenvalue weighted by Gasteiger charge is 2.22. The summed E-state index contributed by atoms with van der Waals surface area (Å²) in [5.41, 5.74) is 5.31. The molecular weight excluding hydrogens is 264 g/mol. The SMILES string of the molecule is NC(=O)C1CCN(CCOc2ccccc2Cl)CC1. The summed E-state index contributed by atoms with van der Waals surface area (Å²) in [6.45, 7) is 3.25. The first-order valence-corrected chi connectivity index (χ1v) is 6.93. The Morgan fingerprint density at radius 3 is 2.68 bits per heavy atom. The topological polar surface area (TPSA) is 55.6 Å². The molecule has 1 aliphatic heterocycles. The van der Waals surface area contributed by atoms with E-state index in [1.165, 1.54) is 0 Å². The van der Waals surface area contributed by atoms with Crippen LogP contribution in [0.1, 0.15) is 12.8 Å². The van der Waals surface area contributed by atoms with Gasteiger partial charge >= 0.3 is 0 Å². The minimum absolute atomic E-state index is 0.0423. The van der Waals surface area contributed by atoms with Gasteiger partial charge in [0.2, 0.25) is 5.91 Å². The highest BCUT2D eigenvalue weighted by atomic mass is 35.5. The predicted molar refractivity (Wildman–Crippen MR) is 75.3 cm³/mol. The van der Waals surface area contributed by atoms with Gasteiger partial charge in [-0.2, -0.15) is 0 Å². The summed E-state index contributed by atoms with van der Waals surface area (Å²) in [7, 11) is 0. The second kappa shape index (κ2) is 6.78. The molecular formula is C14H19ClN2O2. The molecule has 4 nitrogen and oxygen atoms in total. The molecule has 1 aromatic carbocycles. The van der Waals surface area contributed by atoms with Crippen molar-refractivity contribution in [3.63, 3.8) is 0 Å². The van der Waals surface area contributed by atoms with Crippen molar-refractivity contribution in [2.24, 2.45) is 11.7 Å². The number of rotatable bonds is 5. The van der Waals surface area contributed by atoms with E-state index in [1.807, 2.05) is 24.3 Å². The average molecular weight is 283 g/mol. The number of benzene rings is 1. The third-order valence-electron chi connectivity index (χ3n) is 3.49. The molecule has 1 saturated heterocycles. The fourth-order valence-electron chi connectivity index (χ4n) is 2.29. The molecule has 0 saturated carbocycles. The number of primary amides is 1. The molecule has 0 atom stereocenters. The number of halogens is 1. The summed E-state index contributed by atoms with van der Waals surface area (Å²) in [6.07, 6.45) is 1.70. The van der Waals surface area contributed by atoms with E-state index in [9.17, 15) is 4.79 Å². The number of nitrogens with zero attached hydrogens (tertiary/aromatic N) is 1. The number of nitrogens with two attached hydrogens (primary N) is 1. The van der Waals surface area contributed by atoms with Crippen LogP contribution >= 0.6 is 11.6 Å². The molecule has 0 aromatic heterocycles. The summed E-state index contributed by atoms with van der Waals surface area (Å²) in [5.74, 6) is 0.587. The molecule has 1 heterocycles. The maximum atomic E-state index is 11.1. The Morgan fingerprint density at radius 2 is 2.05 bits per heavy atom. The highest BCUT2D eigenvalue weighted by Crippen LogP contribution is 2.23. The summed E-state index contributed by atoms with van der Waals surface area (Å²) in [6, 6.07) is 7.46. The van der Waals surface area contributed by atoms with Crippen LogP contribution in [-0.4, -0.2) is 37.0 Å². The fourth-order valence-corrected chi connectivity index (χ4v) is 2.48. The Bertz CT molecular complexity index is 431. The van der Waals surface area contributed by atoms with Gasteiger partial charge in [-0.05, 0) is 38.1 Å². The smallest absolute Gasteiger partial charge is 0.220 e. The van der Waals surface area contributed by atoms with Gasteiger partial charge in [-0.1, -0.05) is 23.7 Å². The minimum Gasteiger partial charge on any atom is -0.491 e. The summed E-state index contributed by atoms with van der Waals surface area (Å²) >= 11 is 6.01. The van der Waals surface area contributed by atoms with Crippen molar-refractivity contribution < 1.29 is 9.53 Å². The van der Waals surface area contributed by atoms with E-state index in [0.29, 0.717) is 11.6 Å². The Hall–Kier alpha value is -1.26. The van der Waals surface area contributed by atoms with E-state index < -0.39 is 0 Å². The third-order valence-corrected chi connectivity index (χ3v) is 3.80. The Kier molecular flexibility index (Phi) is 5.05. The lowest BCUT2D eigenvalue weighted by Gasteiger charge is -2.30. The van der Waals surface area contributed by atoms with Gasteiger partial charge in [-0.15, -0.1) is 0 Å². The van der Waals surface area contributed by atoms with Crippen LogP contribution in [0.2, 0.25) is 5.02 Å². The molecule has 5 heteroatoms. The maximum absolute atomic E-state index is 11.1. The molecule has 1 amide bonds. The van der Waals surface area contributed by atoms with E-state index in [2.05, 4.69) is 4.90 Å². The van der Waals surface area contributed by atoms with Crippen molar-refractivity contribution in [3.8, 4) is 5.75 Å². The van der Waals surface area contributed by atoms with Gasteiger partial charge in [0, 0.05) is 12.5 Å². The fraction of sp³-hybridized carbons (Fsp3) is 0.500. The molecule has 0 radical (unpaired) electrons. The average Bonchev–Trinajstić information content (AvgIpc) is 2.41. The number of carbonyl (C=O) groups is 1. The van der Waals surface area contributed by atoms with Crippen molar-refractivity contribution in [3.05, 3.63) is 29.3 Å². The number of amides is 1. The van der Waals surface area contributed by atoms with Crippen LogP contribution in [0.4, 0.5) is 0 Å². The molecule has 2 rings (SSSR count). The van der Waals surface area contributed by atoms with E-state index in [4.69, 9.17) is 22.1 Å². The van der Waals surface area contributed by atoms with Gasteiger partial charge in [0.25, 0.3) is 0 Å². The van der Waals surface area contributed by atoms with Crippen LogP contribution in [0.5, 0.6) is 5.75 Å². The van der Waals surface area contributed by atoms with Crippen LogP contribution in [0.3, 0.4) is 0 Å². The molecule has 0 bridgehead atoms. The second-order valence-corrected chi connectivity index (χ2v) is 5.20. The zero-order valence-electron chi connectivity index (χ0n) is 10.8. The predicted octanol–water partition coefficient (Wildman–Crippen LogP) is 1.92. The van der Waals surface area contributed by atoms with Gasteiger partial charge in [-0.25, -0.2) is 0 Å². The van der Waals surface area contributed by atoms with Gasteiger partial charge in [0.1, 0.15) is 12.4 Å². The van der Waals surface area contributed by atoms with Gasteiger partial charge in [-0.3, -0.25) is 9.69 Å². The number of ether oxygens (including phenoxy) is 1. The third kappa shape index (κ3) is 4.11. The van der Waals surface area contributed by atoms with E-state index in [-0.39, 0.29) is 11.8 Å². The first-order valence-electron chi connectivity index (χ1n) is 6.56. The number of likely N-dealkylation sites (tertiary alicyclic amines) is 1. The standard InChI is InChI=1S/C14H19ClN2O2/c15-12-3-1-2-4-13(12)19-10-9-17-7-5-11(6-8-17)14(16)18/h1-4,11H,5-10H2,(H2,16,18). The lowest BCUT2D eigenvalue weighted by Crippen LogP contribution is -2.40. The Morgan fingerprint density at radius 1 is 1.37 bits per heavy atom. The zero-order valence-corrected chi connectivity index (χ0v) is 11.6. The summed E-state index contributed by atoms with van der Waals surface area (Å²) in [5, 5.41) is 0.634. The van der Waals surface area contributed by atoms with Gasteiger partial charge < -0.3 is 10.5 Å². The minimum atomic E-state index is -0.174. The highest BCUT2D eigenvalue weighted by molar-refractivity contribution is 6.32. The first-order chi connectivity index (χ1) is 9.16. The van der Waals surface area contributed by atoms with Gasteiger partial charge in [0.05, 0.1) is 5.02 Å². The van der Waals surface area contributed by atoms with E-state index >= 15 is 0 Å². The molecule has 0 spiro atoms. The van der Waals surface area contributed by atoms with Crippen LogP contribution < -0.4 is 10.5 Å². The number of hydrogen-bond donors (Lipinski definition) is 1. The van der Waals surface area contributed by atoms with Crippen molar-refractivity contribution in [2.45, 2.75) is 12.8 Å². The van der Waals surface area contributed by atoms with Crippen LogP contribution in [0.15, 0.2) is 24.3 Å². The number of para-hydroxylation sites is 1. The molecule has 1 fully saturated rings. The molecule has 104 valence electrons. The number of hydrogen-bond acceptors (Lipinski definition) is 3. The lowest BCUT2D eigenvalue weighted by atomic mass is 9.96. The quantitative estimate of drug-likeness (QED) is 0.898. The van der Waals surface area contributed by atoms with Crippen molar-refractivity contribution in [1.29, 1.82) is 0 Å². The molecule has 2 N–H and O–H groups in total. The van der Waals surface area contributed by atoms with Crippen molar-refractivity contribution in [1.82, 2.24) is 4.90 Å². The van der Waals surface area contributed by atoms with Gasteiger partial charge in [0.15, 0.2) is 0 Å². The molecule has 1 aliphatic rings. The van der Waals surface area contributed by atoms with Crippen molar-refractivity contribution in [2.75, 3.05) is 26.2 Å². The lowest BCUT2D eigenvalue weighted by molar-refractivity contribution is -0.123. The van der Waals surface area contributed by atoms with Crippen LogP contribution in [-0.2, 0) is 4.79 Å². The molecule has 19 heavy (non-hydrogen) atoms. The number of piperidine rings is 1. The van der Waals surface area contributed by atoms with E-state index in [1.54, 1.807) is 0 Å².